The summed E-state index contributed by atoms with van der Waals surface area (Å²) in [6.07, 6.45) is 0. The van der Waals surface area contributed by atoms with Gasteiger partial charge in [0.1, 0.15) is 11.6 Å². The Kier molecular flexibility index (Phi) is 4.85. The van der Waals surface area contributed by atoms with E-state index >= 15 is 0 Å². The molecule has 0 unspecified atom stereocenters. The van der Waals surface area contributed by atoms with Crippen LogP contribution in [0.3, 0.4) is 0 Å². The van der Waals surface area contributed by atoms with Crippen LogP contribution < -0.4 is 0 Å². The van der Waals surface area contributed by atoms with Crippen LogP contribution in [0.1, 0.15) is 5.56 Å². The standard InChI is InChI=1S/C36H22N4/c37-23-24-10-9-11-25(20-24)26-21-35(39-31-16-5-1-12-27(31)28-13-2-6-17-32(28)39)38-36(22-26)40-33-18-7-3-14-29(33)30-15-4-8-19-34(30)40/h1-22H. The fourth-order valence-electron chi connectivity index (χ4n) is 6.00. The Hall–Kier alpha value is -5.66. The van der Waals surface area contributed by atoms with Crippen molar-refractivity contribution in [2.75, 3.05) is 0 Å². The number of rotatable bonds is 3. The number of aromatic nitrogens is 3. The Morgan fingerprint density at radius 3 is 1.30 bits per heavy atom. The minimum Gasteiger partial charge on any atom is -0.294 e. The van der Waals surface area contributed by atoms with Gasteiger partial charge in [-0.2, -0.15) is 5.26 Å². The second-order valence-electron chi connectivity index (χ2n) is 10.0. The number of benzene rings is 5. The summed E-state index contributed by atoms with van der Waals surface area (Å²) in [7, 11) is 0. The molecule has 4 nitrogen and oxygen atoms in total. The number of nitrogens with zero attached hydrogens (tertiary/aromatic N) is 4. The van der Waals surface area contributed by atoms with Gasteiger partial charge in [-0.3, -0.25) is 9.13 Å². The van der Waals surface area contributed by atoms with Crippen molar-refractivity contribution in [2.45, 2.75) is 0 Å². The molecule has 4 heteroatoms. The molecule has 0 aliphatic heterocycles. The van der Waals surface area contributed by atoms with E-state index < -0.39 is 0 Å². The highest BCUT2D eigenvalue weighted by Gasteiger charge is 2.18. The lowest BCUT2D eigenvalue weighted by atomic mass is 10.0. The predicted molar refractivity (Wildman–Crippen MR) is 163 cm³/mol. The number of hydrogen-bond acceptors (Lipinski definition) is 2. The van der Waals surface area contributed by atoms with Crippen LogP contribution in [0.2, 0.25) is 0 Å². The molecule has 186 valence electrons. The molecule has 0 saturated heterocycles. The first kappa shape index (κ1) is 22.3. The fourth-order valence-corrected chi connectivity index (χ4v) is 6.00. The third-order valence-corrected chi connectivity index (χ3v) is 7.74. The average molecular weight is 511 g/mol. The maximum atomic E-state index is 9.62. The van der Waals surface area contributed by atoms with Gasteiger partial charge in [0, 0.05) is 21.5 Å². The maximum Gasteiger partial charge on any atom is 0.140 e. The van der Waals surface area contributed by atoms with Crippen LogP contribution in [0.5, 0.6) is 0 Å². The fraction of sp³-hybridized carbons (Fsp3) is 0. The first-order valence-corrected chi connectivity index (χ1v) is 13.3. The molecule has 0 N–H and O–H groups in total. The Bertz CT molecular complexity index is 2060. The van der Waals surface area contributed by atoms with Crippen LogP contribution in [0.4, 0.5) is 0 Å². The van der Waals surface area contributed by atoms with Crippen LogP contribution in [0, 0.1) is 11.3 Å². The van der Waals surface area contributed by atoms with Crippen molar-refractivity contribution < 1.29 is 0 Å². The summed E-state index contributed by atoms with van der Waals surface area (Å²) in [6, 6.07) is 48.3. The van der Waals surface area contributed by atoms with E-state index in [0.717, 1.165) is 44.8 Å². The summed E-state index contributed by atoms with van der Waals surface area (Å²) in [6.45, 7) is 0. The van der Waals surface area contributed by atoms with Crippen LogP contribution >= 0.6 is 0 Å². The van der Waals surface area contributed by atoms with E-state index in [1.807, 2.05) is 18.2 Å². The molecule has 40 heavy (non-hydrogen) atoms. The molecule has 3 aromatic heterocycles. The summed E-state index contributed by atoms with van der Waals surface area (Å²) in [5.74, 6) is 1.66. The molecule has 5 aromatic carbocycles. The van der Waals surface area contributed by atoms with E-state index in [1.54, 1.807) is 0 Å². The van der Waals surface area contributed by atoms with Crippen molar-refractivity contribution >= 4 is 43.6 Å². The van der Waals surface area contributed by atoms with Gasteiger partial charge in [-0.15, -0.1) is 0 Å². The molecule has 0 saturated carbocycles. The van der Waals surface area contributed by atoms with Gasteiger partial charge in [0.25, 0.3) is 0 Å². The van der Waals surface area contributed by atoms with E-state index in [4.69, 9.17) is 4.98 Å². The van der Waals surface area contributed by atoms with E-state index in [9.17, 15) is 5.26 Å². The maximum absolute atomic E-state index is 9.62. The summed E-state index contributed by atoms with van der Waals surface area (Å²) in [5.41, 5.74) is 7.02. The van der Waals surface area contributed by atoms with Crippen molar-refractivity contribution in [1.82, 2.24) is 14.1 Å². The Morgan fingerprint density at radius 2 is 0.875 bits per heavy atom. The van der Waals surface area contributed by atoms with Gasteiger partial charge in [-0.25, -0.2) is 4.98 Å². The zero-order valence-corrected chi connectivity index (χ0v) is 21.5. The predicted octanol–water partition coefficient (Wildman–Crippen LogP) is 8.81. The molecule has 8 aromatic rings. The minimum absolute atomic E-state index is 0.631. The number of fused-ring (bicyclic) bond motifs is 6. The summed E-state index contributed by atoms with van der Waals surface area (Å²) >= 11 is 0. The lowest BCUT2D eigenvalue weighted by Crippen LogP contribution is -2.04. The summed E-state index contributed by atoms with van der Waals surface area (Å²) in [5, 5.41) is 14.4. The Balaban J connectivity index is 1.51. The van der Waals surface area contributed by atoms with Crippen molar-refractivity contribution in [1.29, 1.82) is 5.26 Å². The van der Waals surface area contributed by atoms with E-state index in [-0.39, 0.29) is 0 Å². The molecule has 8 rings (SSSR count). The first-order valence-electron chi connectivity index (χ1n) is 13.3. The third kappa shape index (κ3) is 3.28. The number of pyridine rings is 1. The van der Waals surface area contributed by atoms with Gasteiger partial charge in [-0.1, -0.05) is 84.9 Å². The normalized spacial score (nSPS) is 11.5. The highest BCUT2D eigenvalue weighted by molar-refractivity contribution is 6.10. The molecule has 3 heterocycles. The highest BCUT2D eigenvalue weighted by atomic mass is 15.1. The van der Waals surface area contributed by atoms with Crippen molar-refractivity contribution in [2.24, 2.45) is 0 Å². The van der Waals surface area contributed by atoms with Gasteiger partial charge in [0.05, 0.1) is 33.7 Å². The minimum atomic E-state index is 0.631. The van der Waals surface area contributed by atoms with Gasteiger partial charge in [0.2, 0.25) is 0 Å². The zero-order valence-electron chi connectivity index (χ0n) is 21.5. The van der Waals surface area contributed by atoms with Gasteiger partial charge >= 0.3 is 0 Å². The highest BCUT2D eigenvalue weighted by Crippen LogP contribution is 2.36. The molecule has 0 fully saturated rings. The molecular formula is C36H22N4. The van der Waals surface area contributed by atoms with Crippen molar-refractivity contribution in [3.05, 3.63) is 139 Å². The first-order chi connectivity index (χ1) is 19.8. The smallest absolute Gasteiger partial charge is 0.140 e. The second-order valence-corrected chi connectivity index (χ2v) is 10.0. The Labute approximate surface area is 230 Å². The van der Waals surface area contributed by atoms with Gasteiger partial charge in [-0.05, 0) is 59.7 Å². The lowest BCUT2D eigenvalue weighted by molar-refractivity contribution is 1.01. The zero-order chi connectivity index (χ0) is 26.6. The van der Waals surface area contributed by atoms with Crippen LogP contribution in [0.15, 0.2) is 133 Å². The van der Waals surface area contributed by atoms with Gasteiger partial charge in [0.15, 0.2) is 0 Å². The van der Waals surface area contributed by atoms with Crippen molar-refractivity contribution in [3.63, 3.8) is 0 Å². The van der Waals surface area contributed by atoms with Gasteiger partial charge < -0.3 is 0 Å². The van der Waals surface area contributed by atoms with E-state index in [0.29, 0.717) is 5.56 Å². The van der Waals surface area contributed by atoms with E-state index in [1.165, 1.54) is 21.5 Å². The molecule has 0 aliphatic carbocycles. The summed E-state index contributed by atoms with van der Waals surface area (Å²) < 4.78 is 4.50. The van der Waals surface area contributed by atoms with E-state index in [2.05, 4.69) is 130 Å². The quantitative estimate of drug-likeness (QED) is 0.238. The molecule has 0 bridgehead atoms. The number of hydrogen-bond donors (Lipinski definition) is 0. The van der Waals surface area contributed by atoms with Crippen LogP contribution in [0.25, 0.3) is 66.4 Å². The summed E-state index contributed by atoms with van der Waals surface area (Å²) in [4.78, 5) is 5.35. The monoisotopic (exact) mass is 510 g/mol. The number of nitriles is 1. The molecule has 0 atom stereocenters. The molecule has 0 spiro atoms. The largest absolute Gasteiger partial charge is 0.294 e. The van der Waals surface area contributed by atoms with Crippen LogP contribution in [-0.2, 0) is 0 Å². The molecule has 0 radical (unpaired) electrons. The van der Waals surface area contributed by atoms with Crippen LogP contribution in [-0.4, -0.2) is 14.1 Å². The Morgan fingerprint density at radius 1 is 0.450 bits per heavy atom. The lowest BCUT2D eigenvalue weighted by Gasteiger charge is -2.14. The second kappa shape index (κ2) is 8.69. The number of para-hydroxylation sites is 4. The molecule has 0 amide bonds. The third-order valence-electron chi connectivity index (χ3n) is 7.74. The molecule has 0 aliphatic rings. The molecular weight excluding hydrogens is 488 g/mol. The average Bonchev–Trinajstić information content (AvgIpc) is 3.54. The topological polar surface area (TPSA) is 46.5 Å². The SMILES string of the molecule is N#Cc1cccc(-c2cc(-n3c4ccccc4c4ccccc43)nc(-n3c4ccccc4c4ccccc43)c2)c1. The van der Waals surface area contributed by atoms with Crippen molar-refractivity contribution in [3.8, 4) is 28.8 Å².